The molecule has 0 bridgehead atoms. The maximum Gasteiger partial charge on any atom is 0.336 e. The average molecular weight is 508 g/mol. The van der Waals surface area contributed by atoms with Crippen LogP contribution < -0.4 is 4.74 Å². The molecule has 1 heterocycles. The van der Waals surface area contributed by atoms with Gasteiger partial charge in [0.1, 0.15) is 11.5 Å². The number of aromatic carboxylic acids is 4. The smallest absolute Gasteiger partial charge is 0.336 e. The Hall–Kier alpha value is -5.44. The topological polar surface area (TPSA) is 158 Å². The van der Waals surface area contributed by atoms with Gasteiger partial charge < -0.3 is 25.2 Å². The highest BCUT2D eigenvalue weighted by atomic mass is 16.5. The SMILES string of the molecule is O=C(O)c1cc2c(cc1C(=O)O)C1(c3cc(C(=O)O)c(C(=O)O)cc3O2)c2ccccc2-c2ccccc21. The van der Waals surface area contributed by atoms with Crippen LogP contribution in [0.2, 0.25) is 0 Å². The van der Waals surface area contributed by atoms with Gasteiger partial charge >= 0.3 is 23.9 Å². The Morgan fingerprint density at radius 1 is 0.500 bits per heavy atom. The molecule has 0 atom stereocenters. The van der Waals surface area contributed by atoms with E-state index in [-0.39, 0.29) is 11.5 Å². The molecule has 1 spiro atoms. The summed E-state index contributed by atoms with van der Waals surface area (Å²) in [5.74, 6) is -5.84. The van der Waals surface area contributed by atoms with Gasteiger partial charge in [0.05, 0.1) is 27.7 Å². The van der Waals surface area contributed by atoms with Crippen molar-refractivity contribution in [2.75, 3.05) is 0 Å². The van der Waals surface area contributed by atoms with Crippen LogP contribution in [0.15, 0.2) is 72.8 Å². The number of hydrogen-bond acceptors (Lipinski definition) is 5. The molecular weight excluding hydrogens is 492 g/mol. The van der Waals surface area contributed by atoms with Crippen molar-refractivity contribution < 1.29 is 44.3 Å². The van der Waals surface area contributed by atoms with Crippen molar-refractivity contribution >= 4 is 23.9 Å². The predicted octanol–water partition coefficient (Wildman–Crippen LogP) is 4.95. The molecule has 1 aliphatic carbocycles. The van der Waals surface area contributed by atoms with Gasteiger partial charge in [-0.1, -0.05) is 48.5 Å². The third-order valence-electron chi connectivity index (χ3n) is 7.14. The van der Waals surface area contributed by atoms with Gasteiger partial charge in [-0.25, -0.2) is 19.2 Å². The minimum atomic E-state index is -1.48. The zero-order valence-electron chi connectivity index (χ0n) is 19.3. The zero-order chi connectivity index (χ0) is 26.9. The quantitative estimate of drug-likeness (QED) is 0.258. The van der Waals surface area contributed by atoms with E-state index >= 15 is 0 Å². The molecule has 0 radical (unpaired) electrons. The fraction of sp³-hybridized carbons (Fsp3) is 0.0345. The summed E-state index contributed by atoms with van der Waals surface area (Å²) in [7, 11) is 0. The van der Waals surface area contributed by atoms with E-state index in [4.69, 9.17) is 4.74 Å². The zero-order valence-corrected chi connectivity index (χ0v) is 19.3. The second-order valence-corrected chi connectivity index (χ2v) is 8.95. The molecule has 0 aromatic heterocycles. The first-order valence-corrected chi connectivity index (χ1v) is 11.3. The Bertz CT molecular complexity index is 1640. The van der Waals surface area contributed by atoms with Gasteiger partial charge in [-0.3, -0.25) is 0 Å². The van der Waals surface area contributed by atoms with E-state index in [1.54, 1.807) is 12.1 Å². The normalized spacial score (nSPS) is 13.5. The van der Waals surface area contributed by atoms with E-state index in [0.29, 0.717) is 22.3 Å². The van der Waals surface area contributed by atoms with Crippen molar-refractivity contribution in [3.05, 3.63) is 117 Å². The monoisotopic (exact) mass is 508 g/mol. The second-order valence-electron chi connectivity index (χ2n) is 8.95. The fourth-order valence-electron chi connectivity index (χ4n) is 5.70. The lowest BCUT2D eigenvalue weighted by Crippen LogP contribution is -2.33. The Kier molecular flexibility index (Phi) is 4.71. The summed E-state index contributed by atoms with van der Waals surface area (Å²) >= 11 is 0. The molecule has 4 N–H and O–H groups in total. The van der Waals surface area contributed by atoms with E-state index in [1.807, 2.05) is 36.4 Å². The van der Waals surface area contributed by atoms with Gasteiger partial charge in [0.25, 0.3) is 0 Å². The van der Waals surface area contributed by atoms with Crippen LogP contribution in [0.3, 0.4) is 0 Å². The molecule has 0 saturated heterocycles. The predicted molar refractivity (Wildman–Crippen MR) is 132 cm³/mol. The highest BCUT2D eigenvalue weighted by molar-refractivity contribution is 6.05. The molecule has 0 amide bonds. The van der Waals surface area contributed by atoms with E-state index in [9.17, 15) is 39.6 Å². The lowest BCUT2D eigenvalue weighted by atomic mass is 9.65. The van der Waals surface area contributed by atoms with Crippen molar-refractivity contribution in [3.63, 3.8) is 0 Å². The molecule has 1 aliphatic heterocycles. The molecule has 6 rings (SSSR count). The number of carboxylic acid groups (broad SMARTS) is 4. The van der Waals surface area contributed by atoms with Crippen LogP contribution >= 0.6 is 0 Å². The third-order valence-corrected chi connectivity index (χ3v) is 7.14. The van der Waals surface area contributed by atoms with Crippen LogP contribution in [0.25, 0.3) is 11.1 Å². The summed E-state index contributed by atoms with van der Waals surface area (Å²) in [5.41, 5.74) is 0.310. The minimum absolute atomic E-state index is 0.0193. The van der Waals surface area contributed by atoms with Gasteiger partial charge in [-0.05, 0) is 46.5 Å². The number of carbonyl (C=O) groups is 4. The number of hydrogen-bond donors (Lipinski definition) is 4. The molecule has 9 heteroatoms. The summed E-state index contributed by atoms with van der Waals surface area (Å²) in [5, 5.41) is 39.3. The first kappa shape index (κ1) is 23.0. The molecule has 186 valence electrons. The van der Waals surface area contributed by atoms with Crippen molar-refractivity contribution in [1.29, 1.82) is 0 Å². The van der Waals surface area contributed by atoms with Gasteiger partial charge in [0, 0.05) is 11.1 Å². The second kappa shape index (κ2) is 7.78. The van der Waals surface area contributed by atoms with Gasteiger partial charge in [0.15, 0.2) is 0 Å². The summed E-state index contributed by atoms with van der Waals surface area (Å²) in [6.07, 6.45) is 0. The Balaban J connectivity index is 1.85. The van der Waals surface area contributed by atoms with E-state index in [2.05, 4.69) is 0 Å². The highest BCUT2D eigenvalue weighted by Crippen LogP contribution is 2.62. The van der Waals surface area contributed by atoms with Crippen LogP contribution in [-0.4, -0.2) is 44.3 Å². The lowest BCUT2D eigenvalue weighted by molar-refractivity contribution is 0.0650. The van der Waals surface area contributed by atoms with Crippen LogP contribution in [0.1, 0.15) is 63.7 Å². The number of fused-ring (bicyclic) bond motifs is 9. The van der Waals surface area contributed by atoms with Crippen LogP contribution in [-0.2, 0) is 5.41 Å². The van der Waals surface area contributed by atoms with Crippen molar-refractivity contribution in [3.8, 4) is 22.6 Å². The Morgan fingerprint density at radius 3 is 1.21 bits per heavy atom. The maximum absolute atomic E-state index is 12.2. The van der Waals surface area contributed by atoms with Crippen LogP contribution in [0.5, 0.6) is 11.5 Å². The van der Waals surface area contributed by atoms with Gasteiger partial charge in [-0.15, -0.1) is 0 Å². The first-order valence-electron chi connectivity index (χ1n) is 11.3. The van der Waals surface area contributed by atoms with E-state index in [0.717, 1.165) is 23.3 Å². The van der Waals surface area contributed by atoms with Crippen molar-refractivity contribution in [1.82, 2.24) is 0 Å². The molecule has 4 aromatic rings. The first-order chi connectivity index (χ1) is 18.2. The average Bonchev–Trinajstić information content (AvgIpc) is 3.18. The minimum Gasteiger partial charge on any atom is -0.478 e. The molecule has 2 aliphatic rings. The summed E-state index contributed by atoms with van der Waals surface area (Å²) in [6.45, 7) is 0. The van der Waals surface area contributed by atoms with E-state index in [1.165, 1.54) is 12.1 Å². The van der Waals surface area contributed by atoms with E-state index < -0.39 is 51.5 Å². The van der Waals surface area contributed by atoms with Crippen LogP contribution in [0, 0.1) is 0 Å². The number of ether oxygens (including phenoxy) is 1. The molecule has 9 nitrogen and oxygen atoms in total. The maximum atomic E-state index is 12.2. The summed E-state index contributed by atoms with van der Waals surface area (Å²) in [4.78, 5) is 48.3. The third kappa shape index (κ3) is 2.86. The molecular formula is C29H16O9. The molecule has 38 heavy (non-hydrogen) atoms. The van der Waals surface area contributed by atoms with Gasteiger partial charge in [0.2, 0.25) is 0 Å². The lowest BCUT2D eigenvalue weighted by Gasteiger charge is -2.40. The standard InChI is InChI=1S/C29H16O9/c30-25(31)15-9-21-23(11-17(15)27(34)35)38-24-12-18(28(36)37)16(26(32)33)10-22(24)29(21)19-7-3-1-5-13(19)14-6-2-4-8-20(14)29/h1-12H,(H,30,31)(H,32,33)(H,34,35)(H,36,37). The van der Waals surface area contributed by atoms with Gasteiger partial charge in [-0.2, -0.15) is 0 Å². The summed E-state index contributed by atoms with van der Waals surface area (Å²) < 4.78 is 6.03. The Labute approximate surface area is 213 Å². The number of carboxylic acids is 4. The summed E-state index contributed by atoms with van der Waals surface area (Å²) in [6, 6.07) is 19.4. The largest absolute Gasteiger partial charge is 0.478 e. The molecule has 0 unspecified atom stereocenters. The Morgan fingerprint density at radius 2 is 0.842 bits per heavy atom. The highest BCUT2D eigenvalue weighted by Gasteiger charge is 2.52. The molecule has 0 saturated carbocycles. The number of benzene rings is 4. The fourth-order valence-corrected chi connectivity index (χ4v) is 5.70. The number of rotatable bonds is 4. The van der Waals surface area contributed by atoms with Crippen molar-refractivity contribution in [2.45, 2.75) is 5.41 Å². The van der Waals surface area contributed by atoms with Crippen molar-refractivity contribution in [2.24, 2.45) is 0 Å². The molecule has 0 fully saturated rings. The van der Waals surface area contributed by atoms with Crippen LogP contribution in [0.4, 0.5) is 0 Å². The molecule has 4 aromatic carbocycles.